The summed E-state index contributed by atoms with van der Waals surface area (Å²) >= 11 is 0. The monoisotopic (exact) mass is 190 g/mol. The van der Waals surface area contributed by atoms with Crippen LogP contribution in [0.15, 0.2) is 24.3 Å². The lowest BCUT2D eigenvalue weighted by molar-refractivity contribution is -0.125. The molecule has 2 amide bonds. The van der Waals surface area contributed by atoms with Gasteiger partial charge in [-0.05, 0) is 17.7 Å². The van der Waals surface area contributed by atoms with Crippen LogP contribution in [-0.2, 0) is 9.59 Å². The zero-order chi connectivity index (χ0) is 10.1. The van der Waals surface area contributed by atoms with Crippen molar-refractivity contribution in [2.75, 3.05) is 5.73 Å². The molecule has 0 aromatic heterocycles. The van der Waals surface area contributed by atoms with Crippen molar-refractivity contribution < 1.29 is 9.59 Å². The summed E-state index contributed by atoms with van der Waals surface area (Å²) in [6.45, 7) is 0. The number of hydrogen-bond acceptors (Lipinski definition) is 3. The molecular formula is C10H10N2O2. The molecule has 1 aromatic carbocycles. The van der Waals surface area contributed by atoms with Crippen molar-refractivity contribution in [2.45, 2.75) is 12.3 Å². The van der Waals surface area contributed by atoms with Gasteiger partial charge in [0.2, 0.25) is 11.8 Å². The highest BCUT2D eigenvalue weighted by atomic mass is 16.2. The molecule has 1 fully saturated rings. The second-order valence-electron chi connectivity index (χ2n) is 3.34. The molecule has 0 bridgehead atoms. The highest BCUT2D eigenvalue weighted by molar-refractivity contribution is 6.06. The quantitative estimate of drug-likeness (QED) is 0.497. The molecule has 1 aromatic rings. The largest absolute Gasteiger partial charge is 0.399 e. The molecule has 3 N–H and O–H groups in total. The predicted octanol–water partition coefficient (Wildman–Crippen LogP) is 0.399. The van der Waals surface area contributed by atoms with Crippen LogP contribution in [-0.4, -0.2) is 11.8 Å². The van der Waals surface area contributed by atoms with Gasteiger partial charge in [0.05, 0.1) is 5.92 Å². The SMILES string of the molecule is Nc1cccc(C2CC(=O)NC2=O)c1. The number of imide groups is 1. The molecule has 1 aliphatic rings. The lowest BCUT2D eigenvalue weighted by Crippen LogP contribution is -2.21. The Hall–Kier alpha value is -1.84. The summed E-state index contributed by atoms with van der Waals surface area (Å²) in [5, 5.41) is 2.27. The Morgan fingerprint density at radius 1 is 1.36 bits per heavy atom. The summed E-state index contributed by atoms with van der Waals surface area (Å²) in [5.74, 6) is -0.825. The average Bonchev–Trinajstić information content (AvgIpc) is 2.45. The Morgan fingerprint density at radius 2 is 2.14 bits per heavy atom. The van der Waals surface area contributed by atoms with Crippen LogP contribution >= 0.6 is 0 Å². The molecule has 4 heteroatoms. The van der Waals surface area contributed by atoms with Crippen molar-refractivity contribution >= 4 is 17.5 Å². The minimum atomic E-state index is -0.369. The predicted molar refractivity (Wildman–Crippen MR) is 51.4 cm³/mol. The van der Waals surface area contributed by atoms with Crippen molar-refractivity contribution in [2.24, 2.45) is 0 Å². The zero-order valence-electron chi connectivity index (χ0n) is 7.49. The topological polar surface area (TPSA) is 72.2 Å². The van der Waals surface area contributed by atoms with Gasteiger partial charge in [-0.2, -0.15) is 0 Å². The molecule has 0 spiro atoms. The van der Waals surface area contributed by atoms with Crippen LogP contribution in [0.3, 0.4) is 0 Å². The molecule has 0 saturated carbocycles. The number of rotatable bonds is 1. The summed E-state index contributed by atoms with van der Waals surface area (Å²) in [5.41, 5.74) is 7.00. The molecule has 0 aliphatic carbocycles. The molecule has 0 radical (unpaired) electrons. The lowest BCUT2D eigenvalue weighted by atomic mass is 9.97. The lowest BCUT2D eigenvalue weighted by Gasteiger charge is -2.06. The number of carbonyl (C=O) groups excluding carboxylic acids is 2. The average molecular weight is 190 g/mol. The van der Waals surface area contributed by atoms with Crippen molar-refractivity contribution in [1.29, 1.82) is 0 Å². The fourth-order valence-corrected chi connectivity index (χ4v) is 1.60. The Labute approximate surface area is 81.1 Å². The molecule has 72 valence electrons. The maximum atomic E-state index is 11.3. The van der Waals surface area contributed by atoms with E-state index in [4.69, 9.17) is 5.73 Å². The fraction of sp³-hybridized carbons (Fsp3) is 0.200. The Morgan fingerprint density at radius 3 is 2.71 bits per heavy atom. The van der Waals surface area contributed by atoms with E-state index in [-0.39, 0.29) is 24.2 Å². The van der Waals surface area contributed by atoms with Crippen LogP contribution in [0.2, 0.25) is 0 Å². The van der Waals surface area contributed by atoms with Gasteiger partial charge in [0.15, 0.2) is 0 Å². The fourth-order valence-electron chi connectivity index (χ4n) is 1.60. The number of nitrogens with one attached hydrogen (secondary N) is 1. The van der Waals surface area contributed by atoms with E-state index in [0.29, 0.717) is 5.69 Å². The van der Waals surface area contributed by atoms with Crippen LogP contribution in [0, 0.1) is 0 Å². The zero-order valence-corrected chi connectivity index (χ0v) is 7.49. The summed E-state index contributed by atoms with van der Waals surface area (Å²) in [6.07, 6.45) is 0.224. The first-order valence-corrected chi connectivity index (χ1v) is 4.36. The van der Waals surface area contributed by atoms with E-state index in [0.717, 1.165) is 5.56 Å². The third-order valence-corrected chi connectivity index (χ3v) is 2.28. The van der Waals surface area contributed by atoms with Crippen molar-refractivity contribution in [3.05, 3.63) is 29.8 Å². The van der Waals surface area contributed by atoms with E-state index >= 15 is 0 Å². The highest BCUT2D eigenvalue weighted by Gasteiger charge is 2.31. The van der Waals surface area contributed by atoms with E-state index < -0.39 is 0 Å². The van der Waals surface area contributed by atoms with Crippen molar-refractivity contribution in [3.8, 4) is 0 Å². The van der Waals surface area contributed by atoms with Crippen LogP contribution in [0.1, 0.15) is 17.9 Å². The highest BCUT2D eigenvalue weighted by Crippen LogP contribution is 2.25. The smallest absolute Gasteiger partial charge is 0.234 e. The third-order valence-electron chi connectivity index (χ3n) is 2.28. The Bertz CT molecular complexity index is 401. The summed E-state index contributed by atoms with van der Waals surface area (Å²) in [7, 11) is 0. The summed E-state index contributed by atoms with van der Waals surface area (Å²) < 4.78 is 0. The van der Waals surface area contributed by atoms with Crippen LogP contribution in [0.25, 0.3) is 0 Å². The van der Waals surface area contributed by atoms with E-state index in [1.165, 1.54) is 0 Å². The van der Waals surface area contributed by atoms with Gasteiger partial charge in [0, 0.05) is 12.1 Å². The number of anilines is 1. The van der Waals surface area contributed by atoms with E-state index in [9.17, 15) is 9.59 Å². The van der Waals surface area contributed by atoms with E-state index in [2.05, 4.69) is 5.32 Å². The molecule has 1 heterocycles. The van der Waals surface area contributed by atoms with E-state index in [1.807, 2.05) is 0 Å². The first-order chi connectivity index (χ1) is 6.66. The second-order valence-corrected chi connectivity index (χ2v) is 3.34. The van der Waals surface area contributed by atoms with Gasteiger partial charge in [-0.15, -0.1) is 0 Å². The Balaban J connectivity index is 2.31. The third kappa shape index (κ3) is 1.46. The van der Waals surface area contributed by atoms with Gasteiger partial charge in [-0.3, -0.25) is 14.9 Å². The number of nitrogens with two attached hydrogens (primary N) is 1. The molecule has 1 unspecified atom stereocenters. The van der Waals surface area contributed by atoms with Crippen LogP contribution < -0.4 is 11.1 Å². The molecular weight excluding hydrogens is 180 g/mol. The minimum Gasteiger partial charge on any atom is -0.399 e. The number of nitrogen functional groups attached to an aromatic ring is 1. The Kier molecular flexibility index (Phi) is 1.96. The standard InChI is InChI=1S/C10H10N2O2/c11-7-3-1-2-6(4-7)8-5-9(13)12-10(8)14/h1-4,8H,5,11H2,(H,12,13,14). The minimum absolute atomic E-state index is 0.220. The first-order valence-electron chi connectivity index (χ1n) is 4.36. The van der Waals surface area contributed by atoms with E-state index in [1.54, 1.807) is 24.3 Å². The molecule has 1 atom stereocenters. The van der Waals surface area contributed by atoms with Gasteiger partial charge in [0.1, 0.15) is 0 Å². The molecule has 4 nitrogen and oxygen atoms in total. The van der Waals surface area contributed by atoms with Gasteiger partial charge in [-0.25, -0.2) is 0 Å². The number of carbonyl (C=O) groups is 2. The van der Waals surface area contributed by atoms with Gasteiger partial charge in [-0.1, -0.05) is 12.1 Å². The maximum Gasteiger partial charge on any atom is 0.234 e. The van der Waals surface area contributed by atoms with Gasteiger partial charge < -0.3 is 5.73 Å². The summed E-state index contributed by atoms with van der Waals surface area (Å²) in [4.78, 5) is 22.3. The normalized spacial score (nSPS) is 21.0. The van der Waals surface area contributed by atoms with Crippen molar-refractivity contribution in [1.82, 2.24) is 5.32 Å². The first kappa shape index (κ1) is 8.74. The maximum absolute atomic E-state index is 11.3. The van der Waals surface area contributed by atoms with Crippen LogP contribution in [0.5, 0.6) is 0 Å². The molecule has 1 aliphatic heterocycles. The van der Waals surface area contributed by atoms with Crippen LogP contribution in [0.4, 0.5) is 5.69 Å². The van der Waals surface area contributed by atoms with Gasteiger partial charge in [0.25, 0.3) is 0 Å². The number of amides is 2. The number of hydrogen-bond donors (Lipinski definition) is 2. The van der Waals surface area contributed by atoms with Gasteiger partial charge >= 0.3 is 0 Å². The molecule has 14 heavy (non-hydrogen) atoms. The number of benzene rings is 1. The van der Waals surface area contributed by atoms with Crippen molar-refractivity contribution in [3.63, 3.8) is 0 Å². The molecule has 2 rings (SSSR count). The summed E-state index contributed by atoms with van der Waals surface area (Å²) in [6, 6.07) is 7.06. The molecule has 1 saturated heterocycles. The second kappa shape index (κ2) is 3.14.